The highest BCUT2D eigenvalue weighted by atomic mass is 32.2. The van der Waals surface area contributed by atoms with Crippen molar-refractivity contribution in [1.29, 1.82) is 0 Å². The fraction of sp³-hybridized carbons (Fsp3) is 0.333. The smallest absolute Gasteiger partial charge is 0.242 e. The van der Waals surface area contributed by atoms with Crippen LogP contribution in [0.2, 0.25) is 0 Å². The van der Waals surface area contributed by atoms with Crippen molar-refractivity contribution >= 4 is 21.4 Å². The molecule has 1 aromatic carbocycles. The summed E-state index contributed by atoms with van der Waals surface area (Å²) in [6.07, 6.45) is 2.77. The molecule has 0 aliphatic heterocycles. The molecule has 0 saturated heterocycles. The Morgan fingerprint density at radius 3 is 2.90 bits per heavy atom. The van der Waals surface area contributed by atoms with Gasteiger partial charge in [-0.15, -0.1) is 11.3 Å². The average Bonchev–Trinajstić information content (AvgIpc) is 2.97. The van der Waals surface area contributed by atoms with Crippen molar-refractivity contribution in [2.24, 2.45) is 0 Å². The number of hydrogen-bond acceptors (Lipinski definition) is 4. The molecule has 6 heteroatoms. The van der Waals surface area contributed by atoms with Gasteiger partial charge in [0.15, 0.2) is 0 Å². The third-order valence-corrected chi connectivity index (χ3v) is 6.40. The van der Waals surface area contributed by atoms with Gasteiger partial charge in [0.2, 0.25) is 10.0 Å². The molecular weight excluding hydrogens is 306 g/mol. The van der Waals surface area contributed by atoms with E-state index in [2.05, 4.69) is 10.8 Å². The molecule has 0 amide bonds. The highest BCUT2D eigenvalue weighted by molar-refractivity contribution is 7.89. The summed E-state index contributed by atoms with van der Waals surface area (Å²) in [5.74, 6) is 0. The molecule has 1 unspecified atom stereocenters. The van der Waals surface area contributed by atoms with Gasteiger partial charge in [-0.25, -0.2) is 13.1 Å². The minimum Gasteiger partial charge on any atom is -0.391 e. The molecule has 0 saturated carbocycles. The second-order valence-electron chi connectivity index (χ2n) is 5.13. The molecule has 1 heterocycles. The first-order valence-electron chi connectivity index (χ1n) is 6.89. The molecule has 0 bridgehead atoms. The molecule has 0 fully saturated rings. The van der Waals surface area contributed by atoms with Crippen LogP contribution in [0.15, 0.2) is 40.6 Å². The fourth-order valence-corrected chi connectivity index (χ4v) is 5.36. The van der Waals surface area contributed by atoms with E-state index in [4.69, 9.17) is 0 Å². The van der Waals surface area contributed by atoms with Crippen LogP contribution in [0.5, 0.6) is 0 Å². The van der Waals surface area contributed by atoms with Crippen LogP contribution in [-0.4, -0.2) is 13.5 Å². The van der Waals surface area contributed by atoms with Crippen molar-refractivity contribution in [3.63, 3.8) is 0 Å². The zero-order valence-electron chi connectivity index (χ0n) is 11.5. The first-order chi connectivity index (χ1) is 10.1. The Bertz CT molecular complexity index is 737. The zero-order valence-corrected chi connectivity index (χ0v) is 13.1. The predicted octanol–water partition coefficient (Wildman–Crippen LogP) is 2.60. The number of hydrogen-bond donors (Lipinski definition) is 2. The number of aliphatic hydroxyl groups is 1. The maximum absolute atomic E-state index is 12.5. The summed E-state index contributed by atoms with van der Waals surface area (Å²) in [6.45, 7) is -0.255. The monoisotopic (exact) mass is 323 g/mol. The van der Waals surface area contributed by atoms with Crippen LogP contribution in [-0.2, 0) is 23.1 Å². The molecule has 2 N–H and O–H groups in total. The van der Waals surface area contributed by atoms with Gasteiger partial charge in [-0.2, -0.15) is 0 Å². The van der Waals surface area contributed by atoms with Gasteiger partial charge in [-0.05, 0) is 41.8 Å². The summed E-state index contributed by atoms with van der Waals surface area (Å²) in [7, 11) is -3.60. The second kappa shape index (κ2) is 5.88. The van der Waals surface area contributed by atoms with E-state index in [1.165, 1.54) is 16.9 Å². The zero-order chi connectivity index (χ0) is 14.9. The standard InChI is InChI=1S/C15H17NO3S2/c17-10-14-15(8-9-20-14)21(18,19)16-13-7-3-5-11-4-1-2-6-12(11)13/h1-2,4,6,8-9,13,16-17H,3,5,7,10H2. The van der Waals surface area contributed by atoms with Gasteiger partial charge in [-0.3, -0.25) is 0 Å². The van der Waals surface area contributed by atoms with Gasteiger partial charge in [-0.1, -0.05) is 24.3 Å². The van der Waals surface area contributed by atoms with Gasteiger partial charge < -0.3 is 5.11 Å². The lowest BCUT2D eigenvalue weighted by Gasteiger charge is -2.26. The Balaban J connectivity index is 1.91. The van der Waals surface area contributed by atoms with Crippen LogP contribution in [0.25, 0.3) is 0 Å². The van der Waals surface area contributed by atoms with Crippen molar-refractivity contribution in [2.45, 2.75) is 36.8 Å². The van der Waals surface area contributed by atoms with E-state index in [0.29, 0.717) is 4.88 Å². The lowest BCUT2D eigenvalue weighted by atomic mass is 9.88. The van der Waals surface area contributed by atoms with Gasteiger partial charge in [0.05, 0.1) is 11.5 Å². The van der Waals surface area contributed by atoms with Crippen LogP contribution in [0.4, 0.5) is 0 Å². The van der Waals surface area contributed by atoms with Crippen LogP contribution >= 0.6 is 11.3 Å². The number of nitrogens with one attached hydrogen (secondary N) is 1. The quantitative estimate of drug-likeness (QED) is 0.909. The Morgan fingerprint density at radius 1 is 1.29 bits per heavy atom. The summed E-state index contributed by atoms with van der Waals surface area (Å²) in [4.78, 5) is 0.671. The first kappa shape index (κ1) is 14.7. The number of fused-ring (bicyclic) bond motifs is 1. The van der Waals surface area contributed by atoms with E-state index in [-0.39, 0.29) is 17.5 Å². The Labute approximate surface area is 128 Å². The third-order valence-electron chi connectivity index (χ3n) is 3.80. The molecule has 0 spiro atoms. The molecule has 21 heavy (non-hydrogen) atoms. The van der Waals surface area contributed by atoms with E-state index in [0.717, 1.165) is 24.8 Å². The molecule has 1 aliphatic rings. The average molecular weight is 323 g/mol. The van der Waals surface area contributed by atoms with Crippen LogP contribution in [0.3, 0.4) is 0 Å². The molecule has 112 valence electrons. The van der Waals surface area contributed by atoms with Crippen molar-refractivity contribution in [3.05, 3.63) is 51.7 Å². The van der Waals surface area contributed by atoms with Crippen molar-refractivity contribution in [1.82, 2.24) is 4.72 Å². The molecule has 1 aliphatic carbocycles. The van der Waals surface area contributed by atoms with Crippen molar-refractivity contribution in [3.8, 4) is 0 Å². The molecular formula is C15H17NO3S2. The lowest BCUT2D eigenvalue weighted by molar-refractivity contribution is 0.282. The van der Waals surface area contributed by atoms with Gasteiger partial charge in [0.25, 0.3) is 0 Å². The Hall–Kier alpha value is -1.21. The van der Waals surface area contributed by atoms with Gasteiger partial charge in [0, 0.05) is 10.9 Å². The normalized spacial score (nSPS) is 18.4. The van der Waals surface area contributed by atoms with E-state index < -0.39 is 10.0 Å². The Kier molecular flexibility index (Phi) is 4.12. The van der Waals surface area contributed by atoms with E-state index in [1.807, 2.05) is 18.2 Å². The highest BCUT2D eigenvalue weighted by Gasteiger charge is 2.27. The third kappa shape index (κ3) is 2.89. The molecule has 1 aromatic heterocycles. The topological polar surface area (TPSA) is 66.4 Å². The number of thiophene rings is 1. The minimum absolute atomic E-state index is 0.189. The summed E-state index contributed by atoms with van der Waals surface area (Å²) >= 11 is 1.25. The molecule has 1 atom stereocenters. The first-order valence-corrected chi connectivity index (χ1v) is 9.25. The predicted molar refractivity (Wildman–Crippen MR) is 82.7 cm³/mol. The van der Waals surface area contributed by atoms with Crippen molar-refractivity contribution in [2.75, 3.05) is 0 Å². The van der Waals surface area contributed by atoms with E-state index in [9.17, 15) is 13.5 Å². The number of sulfonamides is 1. The summed E-state index contributed by atoms with van der Waals surface area (Å²) in [6, 6.07) is 9.33. The summed E-state index contributed by atoms with van der Waals surface area (Å²) in [5, 5.41) is 10.9. The maximum atomic E-state index is 12.5. The Morgan fingerprint density at radius 2 is 2.10 bits per heavy atom. The number of rotatable bonds is 4. The lowest BCUT2D eigenvalue weighted by Crippen LogP contribution is -2.31. The number of aryl methyl sites for hydroxylation is 1. The van der Waals surface area contributed by atoms with Crippen LogP contribution < -0.4 is 4.72 Å². The van der Waals surface area contributed by atoms with Crippen LogP contribution in [0.1, 0.15) is 34.9 Å². The molecule has 3 rings (SSSR count). The van der Waals surface area contributed by atoms with E-state index in [1.54, 1.807) is 11.4 Å². The molecule has 0 radical (unpaired) electrons. The largest absolute Gasteiger partial charge is 0.391 e. The fourth-order valence-electron chi connectivity index (χ4n) is 2.81. The maximum Gasteiger partial charge on any atom is 0.242 e. The minimum atomic E-state index is -3.60. The van der Waals surface area contributed by atoms with Gasteiger partial charge in [0.1, 0.15) is 0 Å². The van der Waals surface area contributed by atoms with Crippen LogP contribution in [0, 0.1) is 0 Å². The highest BCUT2D eigenvalue weighted by Crippen LogP contribution is 2.31. The number of benzene rings is 1. The molecule has 4 nitrogen and oxygen atoms in total. The second-order valence-corrected chi connectivity index (χ2v) is 7.81. The van der Waals surface area contributed by atoms with Crippen molar-refractivity contribution < 1.29 is 13.5 Å². The van der Waals surface area contributed by atoms with Gasteiger partial charge >= 0.3 is 0 Å². The number of aliphatic hydroxyl groups excluding tert-OH is 1. The SMILES string of the molecule is O=S(=O)(NC1CCCc2ccccc21)c1ccsc1CO. The summed E-state index contributed by atoms with van der Waals surface area (Å²) in [5.41, 5.74) is 2.28. The van der Waals surface area contributed by atoms with E-state index >= 15 is 0 Å². The molecule has 2 aromatic rings. The summed E-state index contributed by atoms with van der Waals surface area (Å²) < 4.78 is 27.9.